The van der Waals surface area contributed by atoms with E-state index in [0.29, 0.717) is 0 Å². The summed E-state index contributed by atoms with van der Waals surface area (Å²) in [6, 6.07) is 6.19. The summed E-state index contributed by atoms with van der Waals surface area (Å²) in [6.07, 6.45) is 6.03. The Morgan fingerprint density at radius 1 is 1.15 bits per heavy atom. The molecule has 0 amide bonds. The van der Waals surface area contributed by atoms with Crippen LogP contribution in [0.4, 0.5) is 0 Å². The second kappa shape index (κ2) is 6.45. The van der Waals surface area contributed by atoms with Crippen molar-refractivity contribution >= 4 is 13.3 Å². The third-order valence-corrected chi connectivity index (χ3v) is 5.45. The Kier molecular flexibility index (Phi) is 5.09. The zero-order chi connectivity index (χ0) is 14.8. The van der Waals surface area contributed by atoms with Crippen molar-refractivity contribution in [3.05, 3.63) is 29.3 Å². The summed E-state index contributed by atoms with van der Waals surface area (Å²) in [5.74, 6) is 0. The molecule has 1 aliphatic carbocycles. The fraction of sp³-hybridized carbons (Fsp3) is 0.647. The monoisotopic (exact) mass is 294 g/mol. The molecule has 2 rings (SSSR count). The Morgan fingerprint density at radius 3 is 2.40 bits per heavy atom. The van der Waals surface area contributed by atoms with Gasteiger partial charge in [0.1, 0.15) is 0 Å². The summed E-state index contributed by atoms with van der Waals surface area (Å²) in [7, 11) is -2.14. The first kappa shape index (κ1) is 15.8. The van der Waals surface area contributed by atoms with Gasteiger partial charge in [0.05, 0.1) is 6.10 Å². The fourth-order valence-corrected chi connectivity index (χ4v) is 4.41. The van der Waals surface area contributed by atoms with Crippen LogP contribution in [0.3, 0.4) is 0 Å². The van der Waals surface area contributed by atoms with Gasteiger partial charge in [0.2, 0.25) is 8.03 Å². The zero-order valence-corrected chi connectivity index (χ0v) is 14.2. The molecule has 1 aromatic carbocycles. The quantitative estimate of drug-likeness (QED) is 0.752. The highest BCUT2D eigenvalue weighted by molar-refractivity contribution is 7.48. The molecule has 112 valence electrons. The molecule has 0 radical (unpaired) electrons. The number of rotatable bonds is 3. The van der Waals surface area contributed by atoms with Crippen LogP contribution in [-0.4, -0.2) is 6.10 Å². The summed E-state index contributed by atoms with van der Waals surface area (Å²) in [5, 5.41) is 0.915. The molecule has 1 fully saturated rings. The van der Waals surface area contributed by atoms with Gasteiger partial charge in [-0.05, 0) is 36.8 Å². The number of aryl methyl sites for hydroxylation is 1. The van der Waals surface area contributed by atoms with Crippen LogP contribution >= 0.6 is 8.03 Å². The van der Waals surface area contributed by atoms with E-state index >= 15 is 0 Å². The molecule has 0 bridgehead atoms. The van der Waals surface area contributed by atoms with Crippen LogP contribution < -0.4 is 5.30 Å². The SMILES string of the molecule is Cc1ccc([PH](=O)OC2CCCCC2)c(C(C)(C)C)c1. The molecule has 0 aromatic heterocycles. The zero-order valence-electron chi connectivity index (χ0n) is 13.2. The average molecular weight is 294 g/mol. The maximum Gasteiger partial charge on any atom is 0.221 e. The maximum atomic E-state index is 12.7. The molecule has 0 aliphatic heterocycles. The van der Waals surface area contributed by atoms with E-state index in [4.69, 9.17) is 4.52 Å². The first-order valence-electron chi connectivity index (χ1n) is 7.70. The molecular weight excluding hydrogens is 267 g/mol. The summed E-state index contributed by atoms with van der Waals surface area (Å²) in [5.41, 5.74) is 2.38. The van der Waals surface area contributed by atoms with Crippen LogP contribution in [0.2, 0.25) is 0 Å². The van der Waals surface area contributed by atoms with Gasteiger partial charge in [-0.3, -0.25) is 4.57 Å². The lowest BCUT2D eigenvalue weighted by Crippen LogP contribution is -2.22. The molecule has 1 aliphatic rings. The van der Waals surface area contributed by atoms with Crippen LogP contribution in [-0.2, 0) is 14.5 Å². The van der Waals surface area contributed by atoms with Gasteiger partial charge in [0.15, 0.2) is 0 Å². The van der Waals surface area contributed by atoms with Gasteiger partial charge in [-0.1, -0.05) is 57.7 Å². The second-order valence-corrected chi connectivity index (χ2v) is 8.31. The molecule has 3 heteroatoms. The van der Waals surface area contributed by atoms with Crippen LogP contribution in [0.15, 0.2) is 18.2 Å². The number of benzene rings is 1. The highest BCUT2D eigenvalue weighted by Gasteiger charge is 2.23. The summed E-state index contributed by atoms with van der Waals surface area (Å²) < 4.78 is 18.6. The van der Waals surface area contributed by atoms with E-state index in [0.717, 1.165) is 23.7 Å². The van der Waals surface area contributed by atoms with Crippen molar-refractivity contribution in [1.82, 2.24) is 0 Å². The maximum absolute atomic E-state index is 12.7. The van der Waals surface area contributed by atoms with Crippen molar-refractivity contribution in [2.45, 2.75) is 71.3 Å². The Bertz CT molecular complexity index is 482. The van der Waals surface area contributed by atoms with E-state index in [1.807, 2.05) is 12.1 Å². The van der Waals surface area contributed by atoms with Gasteiger partial charge in [-0.15, -0.1) is 0 Å². The van der Waals surface area contributed by atoms with E-state index in [-0.39, 0.29) is 11.5 Å². The van der Waals surface area contributed by atoms with Gasteiger partial charge in [-0.2, -0.15) is 0 Å². The largest absolute Gasteiger partial charge is 0.324 e. The van der Waals surface area contributed by atoms with Crippen molar-refractivity contribution in [2.75, 3.05) is 0 Å². The van der Waals surface area contributed by atoms with E-state index in [1.165, 1.54) is 24.8 Å². The van der Waals surface area contributed by atoms with E-state index in [2.05, 4.69) is 33.8 Å². The highest BCUT2D eigenvalue weighted by atomic mass is 31.1. The van der Waals surface area contributed by atoms with Crippen LogP contribution in [0.5, 0.6) is 0 Å². The normalized spacial score (nSPS) is 19.0. The standard InChI is InChI=1S/C17H27O2P/c1-13-10-11-16(15(12-13)17(2,3)4)20(18)19-14-8-6-5-7-9-14/h10-12,14,20H,5-9H2,1-4H3. The minimum absolute atomic E-state index is 0.00238. The Balaban J connectivity index is 2.20. The molecular formula is C17H27O2P. The molecule has 0 heterocycles. The molecule has 1 atom stereocenters. The van der Waals surface area contributed by atoms with E-state index in [1.54, 1.807) is 0 Å². The molecule has 0 N–H and O–H groups in total. The van der Waals surface area contributed by atoms with Crippen LogP contribution in [0.1, 0.15) is 64.0 Å². The smallest absolute Gasteiger partial charge is 0.221 e. The predicted octanol–water partition coefficient (Wildman–Crippen LogP) is 4.74. The Morgan fingerprint density at radius 2 is 1.80 bits per heavy atom. The third-order valence-electron chi connectivity index (χ3n) is 4.03. The lowest BCUT2D eigenvalue weighted by atomic mass is 9.86. The first-order chi connectivity index (χ1) is 9.38. The molecule has 0 saturated heterocycles. The highest BCUT2D eigenvalue weighted by Crippen LogP contribution is 2.35. The fourth-order valence-electron chi connectivity index (χ4n) is 2.85. The molecule has 1 unspecified atom stereocenters. The molecule has 1 saturated carbocycles. The summed E-state index contributed by atoms with van der Waals surface area (Å²) in [4.78, 5) is 0. The molecule has 20 heavy (non-hydrogen) atoms. The minimum Gasteiger partial charge on any atom is -0.324 e. The minimum atomic E-state index is -2.14. The van der Waals surface area contributed by atoms with Crippen molar-refractivity contribution in [1.29, 1.82) is 0 Å². The molecule has 1 aromatic rings. The van der Waals surface area contributed by atoms with Crippen molar-refractivity contribution in [2.24, 2.45) is 0 Å². The van der Waals surface area contributed by atoms with Crippen LogP contribution in [0.25, 0.3) is 0 Å². The van der Waals surface area contributed by atoms with Gasteiger partial charge in [0.25, 0.3) is 0 Å². The second-order valence-electron chi connectivity index (χ2n) is 6.96. The van der Waals surface area contributed by atoms with Gasteiger partial charge in [-0.25, -0.2) is 0 Å². The summed E-state index contributed by atoms with van der Waals surface area (Å²) in [6.45, 7) is 8.58. The molecule has 2 nitrogen and oxygen atoms in total. The lowest BCUT2D eigenvalue weighted by Gasteiger charge is -2.26. The average Bonchev–Trinajstić information content (AvgIpc) is 2.38. The van der Waals surface area contributed by atoms with E-state index < -0.39 is 8.03 Å². The number of hydrogen-bond acceptors (Lipinski definition) is 2. The predicted molar refractivity (Wildman–Crippen MR) is 86.5 cm³/mol. The Hall–Kier alpha value is -0.590. The van der Waals surface area contributed by atoms with E-state index in [9.17, 15) is 4.57 Å². The van der Waals surface area contributed by atoms with Gasteiger partial charge < -0.3 is 4.52 Å². The van der Waals surface area contributed by atoms with Crippen LogP contribution in [0, 0.1) is 6.92 Å². The Labute approximate surface area is 123 Å². The first-order valence-corrected chi connectivity index (χ1v) is 9.01. The van der Waals surface area contributed by atoms with Crippen molar-refractivity contribution < 1.29 is 9.09 Å². The lowest BCUT2D eigenvalue weighted by molar-refractivity contribution is 0.168. The van der Waals surface area contributed by atoms with Crippen molar-refractivity contribution in [3.8, 4) is 0 Å². The summed E-state index contributed by atoms with van der Waals surface area (Å²) >= 11 is 0. The third kappa shape index (κ3) is 3.96. The van der Waals surface area contributed by atoms with Gasteiger partial charge >= 0.3 is 0 Å². The molecule has 0 spiro atoms. The topological polar surface area (TPSA) is 26.3 Å². The van der Waals surface area contributed by atoms with Crippen molar-refractivity contribution in [3.63, 3.8) is 0 Å². The van der Waals surface area contributed by atoms with Gasteiger partial charge in [0, 0.05) is 5.30 Å². The number of hydrogen-bond donors (Lipinski definition) is 0.